The van der Waals surface area contributed by atoms with E-state index in [1.165, 1.54) is 0 Å². The van der Waals surface area contributed by atoms with Crippen LogP contribution < -0.4 is 10.6 Å². The van der Waals surface area contributed by atoms with E-state index in [-0.39, 0.29) is 18.4 Å². The summed E-state index contributed by atoms with van der Waals surface area (Å²) >= 11 is 0. The number of imidazole rings is 1. The number of nitrogens with one attached hydrogen (secondary N) is 2. The molecule has 0 fully saturated rings. The van der Waals surface area contributed by atoms with Crippen LogP contribution in [0.25, 0.3) is 11.0 Å². The molecule has 3 rings (SSSR count). The third-order valence-electron chi connectivity index (χ3n) is 5.00. The average Bonchev–Trinajstić information content (AvgIpc) is 3.07. The number of amides is 2. The van der Waals surface area contributed by atoms with Gasteiger partial charge in [0.15, 0.2) is 0 Å². The number of carbonyl (C=O) groups is 2. The minimum absolute atomic E-state index is 0.0130. The molecule has 0 saturated carbocycles. The molecule has 6 heteroatoms. The second-order valence-electron chi connectivity index (χ2n) is 7.98. The molecule has 0 saturated heterocycles. The number of nitrogens with zero attached hydrogens (tertiary/aromatic N) is 2. The SMILES string of the molecule is Cc1ccccc1C(=O)NCCCc1nc2ccccc2n1CC(=O)NCC(C)C. The zero-order valence-corrected chi connectivity index (χ0v) is 17.9. The van der Waals surface area contributed by atoms with Crippen LogP contribution in [0.4, 0.5) is 0 Å². The third kappa shape index (κ3) is 5.47. The van der Waals surface area contributed by atoms with Crippen molar-refractivity contribution in [3.63, 3.8) is 0 Å². The Balaban J connectivity index is 1.63. The van der Waals surface area contributed by atoms with Crippen LogP contribution in [0.3, 0.4) is 0 Å². The number of hydrogen-bond acceptors (Lipinski definition) is 3. The number of aromatic nitrogens is 2. The van der Waals surface area contributed by atoms with Gasteiger partial charge in [0, 0.05) is 25.1 Å². The molecular weight excluding hydrogens is 376 g/mol. The molecule has 2 amide bonds. The lowest BCUT2D eigenvalue weighted by molar-refractivity contribution is -0.121. The molecule has 158 valence electrons. The number of benzene rings is 2. The van der Waals surface area contributed by atoms with Gasteiger partial charge in [-0.1, -0.05) is 44.2 Å². The molecule has 6 nitrogen and oxygen atoms in total. The van der Waals surface area contributed by atoms with Crippen molar-refractivity contribution in [1.29, 1.82) is 0 Å². The Kier molecular flexibility index (Phi) is 7.22. The summed E-state index contributed by atoms with van der Waals surface area (Å²) in [6.45, 7) is 7.54. The zero-order chi connectivity index (χ0) is 21.5. The summed E-state index contributed by atoms with van der Waals surface area (Å²) in [5.41, 5.74) is 3.50. The Bertz CT molecular complexity index is 1020. The lowest BCUT2D eigenvalue weighted by atomic mass is 10.1. The van der Waals surface area contributed by atoms with Gasteiger partial charge in [0.1, 0.15) is 12.4 Å². The highest BCUT2D eigenvalue weighted by molar-refractivity contribution is 5.95. The molecule has 0 aliphatic carbocycles. The standard InChI is InChI=1S/C24H30N4O2/c1-17(2)15-26-23(29)16-28-21-12-7-6-11-20(21)27-22(28)13-8-14-25-24(30)19-10-5-4-9-18(19)3/h4-7,9-12,17H,8,13-16H2,1-3H3,(H,25,30)(H,26,29). The largest absolute Gasteiger partial charge is 0.354 e. The molecule has 0 bridgehead atoms. The van der Waals surface area contributed by atoms with E-state index in [0.717, 1.165) is 28.8 Å². The first kappa shape index (κ1) is 21.6. The summed E-state index contributed by atoms with van der Waals surface area (Å²) in [6.07, 6.45) is 1.43. The summed E-state index contributed by atoms with van der Waals surface area (Å²) < 4.78 is 1.98. The quantitative estimate of drug-likeness (QED) is 0.534. The molecule has 1 aromatic heterocycles. The summed E-state index contributed by atoms with van der Waals surface area (Å²) in [6, 6.07) is 15.4. The minimum atomic E-state index is -0.0605. The fourth-order valence-corrected chi connectivity index (χ4v) is 3.38. The summed E-state index contributed by atoms with van der Waals surface area (Å²) in [4.78, 5) is 29.5. The Morgan fingerprint density at radius 1 is 1.03 bits per heavy atom. The van der Waals surface area contributed by atoms with Crippen molar-refractivity contribution in [2.24, 2.45) is 5.92 Å². The molecule has 30 heavy (non-hydrogen) atoms. The molecular formula is C24H30N4O2. The van der Waals surface area contributed by atoms with Crippen molar-refractivity contribution < 1.29 is 9.59 Å². The first-order valence-corrected chi connectivity index (χ1v) is 10.5. The molecule has 2 N–H and O–H groups in total. The van der Waals surface area contributed by atoms with Crippen molar-refractivity contribution in [3.8, 4) is 0 Å². The van der Waals surface area contributed by atoms with Crippen LogP contribution in [-0.2, 0) is 17.8 Å². The predicted molar refractivity (Wildman–Crippen MR) is 119 cm³/mol. The molecule has 1 heterocycles. The van der Waals surface area contributed by atoms with Crippen LogP contribution in [0.1, 0.15) is 42.0 Å². The number of para-hydroxylation sites is 2. The van der Waals surface area contributed by atoms with Crippen LogP contribution in [0, 0.1) is 12.8 Å². The van der Waals surface area contributed by atoms with Crippen LogP contribution in [0.2, 0.25) is 0 Å². The van der Waals surface area contributed by atoms with Gasteiger partial charge in [-0.15, -0.1) is 0 Å². The van der Waals surface area contributed by atoms with Crippen LogP contribution >= 0.6 is 0 Å². The van der Waals surface area contributed by atoms with E-state index in [9.17, 15) is 9.59 Å². The summed E-state index contributed by atoms with van der Waals surface area (Å²) in [7, 11) is 0. The number of aryl methyl sites for hydroxylation is 2. The van der Waals surface area contributed by atoms with Gasteiger partial charge in [-0.3, -0.25) is 9.59 Å². The topological polar surface area (TPSA) is 76.0 Å². The van der Waals surface area contributed by atoms with Gasteiger partial charge in [0.05, 0.1) is 11.0 Å². The molecule has 0 aliphatic heterocycles. The van der Waals surface area contributed by atoms with Crippen molar-refractivity contribution >= 4 is 22.8 Å². The maximum atomic E-state index is 12.4. The van der Waals surface area contributed by atoms with E-state index < -0.39 is 0 Å². The zero-order valence-electron chi connectivity index (χ0n) is 17.9. The van der Waals surface area contributed by atoms with Crippen molar-refractivity contribution in [1.82, 2.24) is 20.2 Å². The van der Waals surface area contributed by atoms with E-state index >= 15 is 0 Å². The van der Waals surface area contributed by atoms with E-state index in [0.29, 0.717) is 31.0 Å². The normalized spacial score (nSPS) is 11.1. The number of hydrogen-bond donors (Lipinski definition) is 2. The Morgan fingerprint density at radius 3 is 2.53 bits per heavy atom. The van der Waals surface area contributed by atoms with E-state index in [1.807, 2.05) is 60.0 Å². The van der Waals surface area contributed by atoms with Gasteiger partial charge in [-0.2, -0.15) is 0 Å². The Hall–Kier alpha value is -3.15. The van der Waals surface area contributed by atoms with Gasteiger partial charge in [-0.25, -0.2) is 4.98 Å². The van der Waals surface area contributed by atoms with Gasteiger partial charge in [-0.05, 0) is 43.0 Å². The lowest BCUT2D eigenvalue weighted by Crippen LogP contribution is -2.31. The first-order valence-electron chi connectivity index (χ1n) is 10.5. The van der Waals surface area contributed by atoms with E-state index in [4.69, 9.17) is 4.98 Å². The average molecular weight is 407 g/mol. The molecule has 0 radical (unpaired) electrons. The molecule has 0 aliphatic rings. The van der Waals surface area contributed by atoms with Crippen LogP contribution in [-0.4, -0.2) is 34.5 Å². The molecule has 2 aromatic carbocycles. The van der Waals surface area contributed by atoms with Gasteiger partial charge in [0.25, 0.3) is 5.91 Å². The van der Waals surface area contributed by atoms with Gasteiger partial charge >= 0.3 is 0 Å². The van der Waals surface area contributed by atoms with Crippen molar-refractivity contribution in [3.05, 3.63) is 65.5 Å². The van der Waals surface area contributed by atoms with Crippen LogP contribution in [0.5, 0.6) is 0 Å². The summed E-state index contributed by atoms with van der Waals surface area (Å²) in [5, 5.41) is 5.95. The molecule has 0 unspecified atom stereocenters. The highest BCUT2D eigenvalue weighted by atomic mass is 16.2. The lowest BCUT2D eigenvalue weighted by Gasteiger charge is -2.12. The fourth-order valence-electron chi connectivity index (χ4n) is 3.38. The monoisotopic (exact) mass is 406 g/mol. The number of carbonyl (C=O) groups excluding carboxylic acids is 2. The predicted octanol–water partition coefficient (Wildman–Crippen LogP) is 3.48. The Morgan fingerprint density at radius 2 is 1.77 bits per heavy atom. The van der Waals surface area contributed by atoms with E-state index in [1.54, 1.807) is 0 Å². The number of rotatable bonds is 9. The van der Waals surface area contributed by atoms with Gasteiger partial charge in [0.2, 0.25) is 5.91 Å². The second-order valence-corrected chi connectivity index (χ2v) is 7.98. The third-order valence-corrected chi connectivity index (χ3v) is 5.00. The molecule has 3 aromatic rings. The highest BCUT2D eigenvalue weighted by Gasteiger charge is 2.14. The maximum Gasteiger partial charge on any atom is 0.251 e. The van der Waals surface area contributed by atoms with Crippen molar-refractivity contribution in [2.45, 2.75) is 40.2 Å². The van der Waals surface area contributed by atoms with Crippen LogP contribution in [0.15, 0.2) is 48.5 Å². The number of fused-ring (bicyclic) bond motifs is 1. The fraction of sp³-hybridized carbons (Fsp3) is 0.375. The Labute approximate surface area is 177 Å². The second kappa shape index (κ2) is 10.1. The smallest absolute Gasteiger partial charge is 0.251 e. The first-order chi connectivity index (χ1) is 14.5. The highest BCUT2D eigenvalue weighted by Crippen LogP contribution is 2.17. The molecule has 0 spiro atoms. The maximum absolute atomic E-state index is 12.4. The molecule has 0 atom stereocenters. The van der Waals surface area contributed by atoms with Gasteiger partial charge < -0.3 is 15.2 Å². The minimum Gasteiger partial charge on any atom is -0.354 e. The summed E-state index contributed by atoms with van der Waals surface area (Å²) in [5.74, 6) is 1.20. The van der Waals surface area contributed by atoms with Crippen molar-refractivity contribution in [2.75, 3.05) is 13.1 Å². The van der Waals surface area contributed by atoms with E-state index in [2.05, 4.69) is 24.5 Å².